The quantitative estimate of drug-likeness (QED) is 0.620. The van der Waals surface area contributed by atoms with Crippen LogP contribution in [0.3, 0.4) is 0 Å². The number of hydrogen-bond acceptors (Lipinski definition) is 4. The van der Waals surface area contributed by atoms with Gasteiger partial charge < -0.3 is 10.0 Å². The maximum Gasteiger partial charge on any atom is 0.323 e. The molecule has 1 aromatic carbocycles. The molecule has 0 unspecified atom stereocenters. The third-order valence-electron chi connectivity index (χ3n) is 2.84. The third-order valence-corrected chi connectivity index (χ3v) is 3.58. The topological polar surface area (TPSA) is 101 Å². The molecule has 0 atom stereocenters. The Bertz CT molecular complexity index is 574. The molecule has 0 fully saturated rings. The van der Waals surface area contributed by atoms with E-state index in [9.17, 15) is 19.7 Å². The number of carboxylic acids is 1. The van der Waals surface area contributed by atoms with Crippen LogP contribution in [0.4, 0.5) is 5.69 Å². The van der Waals surface area contributed by atoms with Crippen LogP contribution in [-0.2, 0) is 16.0 Å². The van der Waals surface area contributed by atoms with E-state index in [-0.39, 0.29) is 30.6 Å². The van der Waals surface area contributed by atoms with Crippen molar-refractivity contribution in [2.45, 2.75) is 26.3 Å². The molecule has 7 nitrogen and oxygen atoms in total. The van der Waals surface area contributed by atoms with Crippen molar-refractivity contribution >= 4 is 33.5 Å². The van der Waals surface area contributed by atoms with E-state index in [0.717, 1.165) is 0 Å². The summed E-state index contributed by atoms with van der Waals surface area (Å²) in [5.41, 5.74) is 0.492. The monoisotopic (exact) mass is 358 g/mol. The van der Waals surface area contributed by atoms with Crippen LogP contribution >= 0.6 is 15.9 Å². The second kappa shape index (κ2) is 7.16. The van der Waals surface area contributed by atoms with Crippen LogP contribution in [0.15, 0.2) is 22.7 Å². The van der Waals surface area contributed by atoms with Gasteiger partial charge in [0.2, 0.25) is 5.91 Å². The van der Waals surface area contributed by atoms with Gasteiger partial charge in [-0.05, 0) is 19.4 Å². The van der Waals surface area contributed by atoms with Crippen molar-refractivity contribution in [3.8, 4) is 0 Å². The van der Waals surface area contributed by atoms with Gasteiger partial charge in [-0.2, -0.15) is 0 Å². The van der Waals surface area contributed by atoms with Crippen molar-refractivity contribution in [3.63, 3.8) is 0 Å². The van der Waals surface area contributed by atoms with E-state index < -0.39 is 10.9 Å². The molecule has 0 aliphatic heterocycles. The first-order valence-corrected chi connectivity index (χ1v) is 6.95. The van der Waals surface area contributed by atoms with Gasteiger partial charge in [0.05, 0.1) is 11.3 Å². The summed E-state index contributed by atoms with van der Waals surface area (Å²) in [7, 11) is 0. The number of nitro groups is 1. The van der Waals surface area contributed by atoms with Gasteiger partial charge in [0, 0.05) is 22.6 Å². The van der Waals surface area contributed by atoms with Crippen molar-refractivity contribution in [2.24, 2.45) is 0 Å². The summed E-state index contributed by atoms with van der Waals surface area (Å²) in [6.45, 7) is 3.08. The second-order valence-corrected chi connectivity index (χ2v) is 5.57. The number of carbonyl (C=O) groups excluding carboxylic acids is 1. The fraction of sp³-hybridized carbons (Fsp3) is 0.385. The Morgan fingerprint density at radius 1 is 1.43 bits per heavy atom. The van der Waals surface area contributed by atoms with E-state index in [1.807, 2.05) is 0 Å². The van der Waals surface area contributed by atoms with Gasteiger partial charge in [0.1, 0.15) is 6.54 Å². The van der Waals surface area contributed by atoms with E-state index >= 15 is 0 Å². The lowest BCUT2D eigenvalue weighted by Crippen LogP contribution is -2.41. The van der Waals surface area contributed by atoms with Crippen LogP contribution in [0.5, 0.6) is 0 Å². The summed E-state index contributed by atoms with van der Waals surface area (Å²) >= 11 is 3.19. The standard InChI is InChI=1S/C13H15BrN2O5/c1-8(2)15(7-13(18)19)12(17)5-9-3-4-10(16(20)21)6-11(9)14/h3-4,6,8H,5,7H2,1-2H3,(H,18,19). The Morgan fingerprint density at radius 2 is 2.05 bits per heavy atom. The average molecular weight is 359 g/mol. The van der Waals surface area contributed by atoms with Crippen molar-refractivity contribution < 1.29 is 19.6 Å². The molecule has 0 aromatic heterocycles. The highest BCUT2D eigenvalue weighted by atomic mass is 79.9. The summed E-state index contributed by atoms with van der Waals surface area (Å²) in [6.07, 6.45) is -0.0238. The van der Waals surface area contributed by atoms with E-state index in [2.05, 4.69) is 15.9 Å². The number of nitrogens with zero attached hydrogens (tertiary/aromatic N) is 2. The van der Waals surface area contributed by atoms with Crippen LogP contribution < -0.4 is 0 Å². The average Bonchev–Trinajstić information content (AvgIpc) is 2.37. The van der Waals surface area contributed by atoms with Gasteiger partial charge in [0.15, 0.2) is 0 Å². The van der Waals surface area contributed by atoms with Crippen molar-refractivity contribution in [2.75, 3.05) is 6.54 Å². The molecule has 1 amide bonds. The molecule has 0 heterocycles. The van der Waals surface area contributed by atoms with Crippen LogP contribution in [0, 0.1) is 10.1 Å². The molecular weight excluding hydrogens is 344 g/mol. The zero-order valence-corrected chi connectivity index (χ0v) is 13.2. The zero-order valence-electron chi connectivity index (χ0n) is 11.6. The zero-order chi connectivity index (χ0) is 16.2. The predicted octanol–water partition coefficient (Wildman–Crippen LogP) is 2.22. The first kappa shape index (κ1) is 17.1. The fourth-order valence-electron chi connectivity index (χ4n) is 1.76. The summed E-state index contributed by atoms with van der Waals surface area (Å²) in [6, 6.07) is 3.87. The number of carboxylic acid groups (broad SMARTS) is 1. The van der Waals surface area contributed by atoms with E-state index in [4.69, 9.17) is 5.11 Å². The van der Waals surface area contributed by atoms with E-state index in [1.54, 1.807) is 13.8 Å². The Hall–Kier alpha value is -1.96. The van der Waals surface area contributed by atoms with Crippen LogP contribution in [0.2, 0.25) is 0 Å². The summed E-state index contributed by atoms with van der Waals surface area (Å²) in [4.78, 5) is 34.3. The first-order chi connectivity index (χ1) is 9.72. The van der Waals surface area contributed by atoms with Crippen molar-refractivity contribution in [1.82, 2.24) is 4.90 Å². The van der Waals surface area contributed by atoms with Crippen LogP contribution in [-0.4, -0.2) is 39.4 Å². The van der Waals surface area contributed by atoms with E-state index in [1.165, 1.54) is 23.1 Å². The lowest BCUT2D eigenvalue weighted by atomic mass is 10.1. The molecule has 8 heteroatoms. The third kappa shape index (κ3) is 4.82. The number of rotatable bonds is 6. The number of benzene rings is 1. The molecule has 0 saturated heterocycles. The van der Waals surface area contributed by atoms with Gasteiger partial charge in [-0.25, -0.2) is 0 Å². The SMILES string of the molecule is CC(C)N(CC(=O)O)C(=O)Cc1ccc([N+](=O)[O-])cc1Br. The molecule has 0 spiro atoms. The molecule has 21 heavy (non-hydrogen) atoms. The van der Waals surface area contributed by atoms with Gasteiger partial charge in [-0.1, -0.05) is 22.0 Å². The Morgan fingerprint density at radius 3 is 2.48 bits per heavy atom. The minimum Gasteiger partial charge on any atom is -0.480 e. The van der Waals surface area contributed by atoms with Crippen molar-refractivity contribution in [1.29, 1.82) is 0 Å². The number of aliphatic carboxylic acids is 1. The highest BCUT2D eigenvalue weighted by molar-refractivity contribution is 9.10. The molecule has 114 valence electrons. The summed E-state index contributed by atoms with van der Waals surface area (Å²) < 4.78 is 0.448. The molecule has 1 aromatic rings. The molecule has 1 rings (SSSR count). The van der Waals surface area contributed by atoms with Gasteiger partial charge in [-0.3, -0.25) is 19.7 Å². The highest BCUT2D eigenvalue weighted by Crippen LogP contribution is 2.24. The number of carbonyl (C=O) groups is 2. The largest absolute Gasteiger partial charge is 0.480 e. The van der Waals surface area contributed by atoms with Crippen LogP contribution in [0.1, 0.15) is 19.4 Å². The molecule has 0 radical (unpaired) electrons. The van der Waals surface area contributed by atoms with Gasteiger partial charge in [-0.15, -0.1) is 0 Å². The Labute approximate surface area is 129 Å². The highest BCUT2D eigenvalue weighted by Gasteiger charge is 2.21. The molecule has 0 saturated carbocycles. The second-order valence-electron chi connectivity index (χ2n) is 4.72. The number of amides is 1. The van der Waals surface area contributed by atoms with Crippen LogP contribution in [0.25, 0.3) is 0 Å². The minimum absolute atomic E-state index is 0.0238. The molecular formula is C13H15BrN2O5. The van der Waals surface area contributed by atoms with E-state index in [0.29, 0.717) is 10.0 Å². The normalized spacial score (nSPS) is 10.5. The molecule has 0 aliphatic rings. The van der Waals surface area contributed by atoms with Gasteiger partial charge in [0.25, 0.3) is 5.69 Å². The lowest BCUT2D eigenvalue weighted by Gasteiger charge is -2.25. The number of halogens is 1. The molecule has 0 bridgehead atoms. The Kier molecular flexibility index (Phi) is 5.83. The number of nitro benzene ring substituents is 1. The van der Waals surface area contributed by atoms with Crippen molar-refractivity contribution in [3.05, 3.63) is 38.3 Å². The minimum atomic E-state index is -1.08. The molecule has 0 aliphatic carbocycles. The maximum absolute atomic E-state index is 12.2. The smallest absolute Gasteiger partial charge is 0.323 e. The first-order valence-electron chi connectivity index (χ1n) is 6.16. The maximum atomic E-state index is 12.2. The summed E-state index contributed by atoms with van der Waals surface area (Å²) in [5.74, 6) is -1.43. The summed E-state index contributed by atoms with van der Waals surface area (Å²) in [5, 5.41) is 19.5. The predicted molar refractivity (Wildman–Crippen MR) is 79.0 cm³/mol. The lowest BCUT2D eigenvalue weighted by molar-refractivity contribution is -0.384. The number of hydrogen-bond donors (Lipinski definition) is 1. The Balaban J connectivity index is 2.91. The number of non-ortho nitro benzene ring substituents is 1. The fourth-order valence-corrected chi connectivity index (χ4v) is 2.27. The van der Waals surface area contributed by atoms with Gasteiger partial charge >= 0.3 is 5.97 Å². The molecule has 1 N–H and O–H groups in total.